The van der Waals surface area contributed by atoms with Gasteiger partial charge in [-0.3, -0.25) is 9.78 Å². The van der Waals surface area contributed by atoms with Crippen LogP contribution in [-0.2, 0) is 17.3 Å². The maximum atomic E-state index is 13.1. The Morgan fingerprint density at radius 2 is 1.64 bits per heavy atom. The van der Waals surface area contributed by atoms with Crippen LogP contribution >= 0.6 is 0 Å². The van der Waals surface area contributed by atoms with Gasteiger partial charge in [0.2, 0.25) is 0 Å². The molecule has 2 N–H and O–H groups in total. The van der Waals surface area contributed by atoms with E-state index in [0.717, 1.165) is 30.7 Å². The number of benzene rings is 2. The van der Waals surface area contributed by atoms with E-state index in [2.05, 4.69) is 10.3 Å². The number of carbonyl (C=O) groups excluding carboxylic acids is 1. The summed E-state index contributed by atoms with van der Waals surface area (Å²) in [6, 6.07) is 13.2. The third-order valence-electron chi connectivity index (χ3n) is 5.81. The maximum Gasteiger partial charge on any atom is 0.433 e. The fourth-order valence-electron chi connectivity index (χ4n) is 3.82. The Morgan fingerprint density at radius 1 is 1.03 bits per heavy atom. The first-order valence-electron chi connectivity index (χ1n) is 10.4. The summed E-state index contributed by atoms with van der Waals surface area (Å²) in [5, 5.41) is 13.5. The van der Waals surface area contributed by atoms with Crippen LogP contribution in [-0.4, -0.2) is 16.0 Å². The van der Waals surface area contributed by atoms with Gasteiger partial charge in [0.05, 0.1) is 11.1 Å². The second-order valence-corrected chi connectivity index (χ2v) is 8.79. The molecule has 0 atom stereocenters. The zero-order chi connectivity index (χ0) is 24.0. The lowest BCUT2D eigenvalue weighted by Crippen LogP contribution is -2.34. The molecule has 4 nitrogen and oxygen atoms in total. The topological polar surface area (TPSA) is 62.2 Å². The number of pyridine rings is 1. The number of aromatic nitrogens is 1. The Bertz CT molecular complexity index is 1180. The lowest BCUT2D eigenvalue weighted by atomic mass is 9.89. The molecule has 0 unspecified atom stereocenters. The first-order valence-corrected chi connectivity index (χ1v) is 10.4. The highest BCUT2D eigenvalue weighted by Gasteiger charge is 2.45. The van der Waals surface area contributed by atoms with Crippen molar-refractivity contribution in [1.82, 2.24) is 10.3 Å². The van der Waals surface area contributed by atoms with E-state index in [0.29, 0.717) is 16.7 Å². The quantitative estimate of drug-likeness (QED) is 0.493. The molecule has 1 aromatic heterocycles. The van der Waals surface area contributed by atoms with Gasteiger partial charge >= 0.3 is 6.18 Å². The predicted molar refractivity (Wildman–Crippen MR) is 115 cm³/mol. The van der Waals surface area contributed by atoms with Gasteiger partial charge in [-0.1, -0.05) is 24.3 Å². The summed E-state index contributed by atoms with van der Waals surface area (Å²) < 4.78 is 52.5. The first-order chi connectivity index (χ1) is 15.4. The number of rotatable bonds is 5. The van der Waals surface area contributed by atoms with Crippen LogP contribution in [0, 0.1) is 5.82 Å². The summed E-state index contributed by atoms with van der Waals surface area (Å²) in [4.78, 5) is 16.1. The number of hydrogen-bond acceptors (Lipinski definition) is 3. The van der Waals surface area contributed by atoms with Crippen molar-refractivity contribution in [2.75, 3.05) is 0 Å². The first kappa shape index (κ1) is 22.9. The lowest BCUT2D eigenvalue weighted by Gasteiger charge is -2.23. The second kappa shape index (κ2) is 7.95. The molecule has 0 aliphatic heterocycles. The van der Waals surface area contributed by atoms with Crippen LogP contribution in [0.3, 0.4) is 0 Å². The number of nitrogens with one attached hydrogen (secondary N) is 1. The molecular weight excluding hydrogens is 436 g/mol. The molecule has 2 aromatic carbocycles. The van der Waals surface area contributed by atoms with Crippen molar-refractivity contribution in [2.24, 2.45) is 0 Å². The molecule has 3 aromatic rings. The molecule has 4 rings (SSSR count). The number of nitrogens with zero attached hydrogens (tertiary/aromatic N) is 1. The predicted octanol–water partition coefficient (Wildman–Crippen LogP) is 5.55. The molecule has 0 saturated heterocycles. The number of halogens is 4. The monoisotopic (exact) mass is 458 g/mol. The summed E-state index contributed by atoms with van der Waals surface area (Å²) in [7, 11) is 0. The van der Waals surface area contributed by atoms with Crippen molar-refractivity contribution < 1.29 is 27.5 Å². The summed E-state index contributed by atoms with van der Waals surface area (Å²) in [6.07, 6.45) is -2.04. The van der Waals surface area contributed by atoms with Gasteiger partial charge in [-0.2, -0.15) is 13.2 Å². The SMILES string of the molecule is CC(C)(O)c1cc(C(F)(F)F)ncc1-c1ccc(C2(NC(=O)c3ccc(F)cc3)CC2)cc1. The van der Waals surface area contributed by atoms with Crippen molar-refractivity contribution in [3.8, 4) is 11.1 Å². The molecule has 1 aliphatic carbocycles. The van der Waals surface area contributed by atoms with Gasteiger partial charge in [0.1, 0.15) is 11.5 Å². The van der Waals surface area contributed by atoms with Crippen molar-refractivity contribution in [1.29, 1.82) is 0 Å². The van der Waals surface area contributed by atoms with E-state index in [1.807, 2.05) is 0 Å². The molecule has 1 saturated carbocycles. The van der Waals surface area contributed by atoms with Crippen LogP contribution in [0.25, 0.3) is 11.1 Å². The summed E-state index contributed by atoms with van der Waals surface area (Å²) >= 11 is 0. The van der Waals surface area contributed by atoms with Crippen molar-refractivity contribution >= 4 is 5.91 Å². The van der Waals surface area contributed by atoms with E-state index in [-0.39, 0.29) is 11.5 Å². The van der Waals surface area contributed by atoms with Gasteiger partial charge in [0.15, 0.2) is 0 Å². The molecule has 0 radical (unpaired) electrons. The average molecular weight is 458 g/mol. The minimum atomic E-state index is -4.62. The third kappa shape index (κ3) is 4.75. The van der Waals surface area contributed by atoms with E-state index in [9.17, 15) is 27.5 Å². The normalized spacial score (nSPS) is 15.2. The molecule has 1 fully saturated rings. The molecular formula is C25H22F4N2O2. The lowest BCUT2D eigenvalue weighted by molar-refractivity contribution is -0.141. The highest BCUT2D eigenvalue weighted by molar-refractivity contribution is 5.95. The maximum absolute atomic E-state index is 13.1. The van der Waals surface area contributed by atoms with E-state index in [1.165, 1.54) is 38.1 Å². The van der Waals surface area contributed by atoms with Gasteiger partial charge in [0, 0.05) is 17.3 Å². The summed E-state index contributed by atoms with van der Waals surface area (Å²) in [6.45, 7) is 2.84. The van der Waals surface area contributed by atoms with E-state index < -0.39 is 28.8 Å². The Balaban J connectivity index is 1.61. The Hall–Kier alpha value is -3.26. The third-order valence-corrected chi connectivity index (χ3v) is 5.81. The van der Waals surface area contributed by atoms with Crippen LogP contribution in [0.15, 0.2) is 60.8 Å². The second-order valence-electron chi connectivity index (χ2n) is 8.79. The van der Waals surface area contributed by atoms with Gasteiger partial charge < -0.3 is 10.4 Å². The van der Waals surface area contributed by atoms with E-state index in [4.69, 9.17) is 0 Å². The Morgan fingerprint density at radius 3 is 2.15 bits per heavy atom. The van der Waals surface area contributed by atoms with Gasteiger partial charge in [-0.25, -0.2) is 4.39 Å². The minimum absolute atomic E-state index is 0.114. The van der Waals surface area contributed by atoms with Gasteiger partial charge in [0.25, 0.3) is 5.91 Å². The Labute approximate surface area is 188 Å². The van der Waals surface area contributed by atoms with Crippen molar-refractivity contribution in [2.45, 2.75) is 44.0 Å². The molecule has 33 heavy (non-hydrogen) atoms. The van der Waals surface area contributed by atoms with E-state index in [1.54, 1.807) is 24.3 Å². The van der Waals surface area contributed by atoms with Crippen LogP contribution in [0.2, 0.25) is 0 Å². The van der Waals surface area contributed by atoms with Crippen molar-refractivity contribution in [3.63, 3.8) is 0 Å². The van der Waals surface area contributed by atoms with E-state index >= 15 is 0 Å². The van der Waals surface area contributed by atoms with Crippen LogP contribution in [0.1, 0.15) is 53.9 Å². The molecule has 0 spiro atoms. The molecule has 1 heterocycles. The minimum Gasteiger partial charge on any atom is -0.386 e. The van der Waals surface area contributed by atoms with Gasteiger partial charge in [-0.05, 0) is 73.7 Å². The molecule has 0 bridgehead atoms. The largest absolute Gasteiger partial charge is 0.433 e. The molecule has 1 aliphatic rings. The Kier molecular flexibility index (Phi) is 5.52. The smallest absolute Gasteiger partial charge is 0.386 e. The highest BCUT2D eigenvalue weighted by Crippen LogP contribution is 2.46. The number of carbonyl (C=O) groups is 1. The fraction of sp³-hybridized carbons (Fsp3) is 0.280. The molecule has 172 valence electrons. The van der Waals surface area contributed by atoms with Crippen LogP contribution in [0.4, 0.5) is 17.6 Å². The number of aliphatic hydroxyl groups is 1. The zero-order valence-electron chi connectivity index (χ0n) is 18.0. The average Bonchev–Trinajstić information content (AvgIpc) is 3.53. The number of alkyl halides is 3. The van der Waals surface area contributed by atoms with Crippen LogP contribution < -0.4 is 5.32 Å². The molecule has 1 amide bonds. The highest BCUT2D eigenvalue weighted by atomic mass is 19.4. The summed E-state index contributed by atoms with van der Waals surface area (Å²) in [5.41, 5.74) is -0.820. The van der Waals surface area contributed by atoms with Crippen molar-refractivity contribution in [3.05, 3.63) is 89.0 Å². The number of hydrogen-bond donors (Lipinski definition) is 2. The molecule has 8 heteroatoms. The van der Waals surface area contributed by atoms with Crippen LogP contribution in [0.5, 0.6) is 0 Å². The summed E-state index contributed by atoms with van der Waals surface area (Å²) in [5.74, 6) is -0.737. The number of amides is 1. The fourth-order valence-corrected chi connectivity index (χ4v) is 3.82. The zero-order valence-corrected chi connectivity index (χ0v) is 18.0. The van der Waals surface area contributed by atoms with Gasteiger partial charge in [-0.15, -0.1) is 0 Å². The standard InChI is InChI=1S/C25H22F4N2O2/c1-23(2,33)20-13-21(25(27,28)29)30-14-19(20)15-3-7-17(8-4-15)24(11-12-24)31-22(32)16-5-9-18(26)10-6-16/h3-10,13-14,33H,11-12H2,1-2H3,(H,31,32).